The first-order valence-corrected chi connectivity index (χ1v) is 3.94. The molecule has 1 rings (SSSR count). The number of rotatable bonds is 1. The summed E-state index contributed by atoms with van der Waals surface area (Å²) in [7, 11) is 0. The largest absolute Gasteiger partial charge is 0.508 e. The van der Waals surface area contributed by atoms with E-state index in [0.29, 0.717) is 5.56 Å². The Kier molecular flexibility index (Phi) is 2.71. The zero-order chi connectivity index (χ0) is 10.9. The van der Waals surface area contributed by atoms with Crippen LogP contribution in [0.15, 0.2) is 18.2 Å². The van der Waals surface area contributed by atoms with Crippen molar-refractivity contribution in [3.8, 4) is 5.75 Å². The SMILES string of the molecule is Cc1cc([C@@H](N)C(F)(F)F)ccc1O. The van der Waals surface area contributed by atoms with Crippen molar-refractivity contribution >= 4 is 0 Å². The highest BCUT2D eigenvalue weighted by Gasteiger charge is 2.37. The lowest BCUT2D eigenvalue weighted by molar-refractivity contribution is -0.149. The van der Waals surface area contributed by atoms with Crippen LogP contribution in [0.4, 0.5) is 13.2 Å². The summed E-state index contributed by atoms with van der Waals surface area (Å²) in [5.41, 5.74) is 5.31. The van der Waals surface area contributed by atoms with Gasteiger partial charge in [0.15, 0.2) is 0 Å². The molecule has 1 atom stereocenters. The minimum absolute atomic E-state index is 0.0388. The van der Waals surface area contributed by atoms with Crippen LogP contribution >= 0.6 is 0 Å². The summed E-state index contributed by atoms with van der Waals surface area (Å²) >= 11 is 0. The molecule has 1 aromatic carbocycles. The number of nitrogens with two attached hydrogens (primary N) is 1. The first-order chi connectivity index (χ1) is 6.32. The van der Waals surface area contributed by atoms with E-state index in [4.69, 9.17) is 10.8 Å². The van der Waals surface area contributed by atoms with E-state index < -0.39 is 12.2 Å². The minimum atomic E-state index is -4.45. The van der Waals surface area contributed by atoms with Crippen molar-refractivity contribution in [1.82, 2.24) is 0 Å². The number of aromatic hydroxyl groups is 1. The molecule has 1 aromatic rings. The van der Waals surface area contributed by atoms with Crippen molar-refractivity contribution in [3.63, 3.8) is 0 Å². The molecular weight excluding hydrogens is 195 g/mol. The second kappa shape index (κ2) is 3.49. The van der Waals surface area contributed by atoms with Gasteiger partial charge in [-0.1, -0.05) is 12.1 Å². The standard InChI is InChI=1S/C9H10F3NO/c1-5-4-6(2-3-7(5)14)8(13)9(10,11)12/h2-4,8,14H,13H2,1H3/t8-/m1/s1. The Labute approximate surface area is 79.2 Å². The van der Waals surface area contributed by atoms with Crippen molar-refractivity contribution in [1.29, 1.82) is 0 Å². The molecule has 3 N–H and O–H groups in total. The Morgan fingerprint density at radius 3 is 2.36 bits per heavy atom. The number of halogens is 3. The van der Waals surface area contributed by atoms with Crippen LogP contribution in [0.3, 0.4) is 0 Å². The van der Waals surface area contributed by atoms with Gasteiger partial charge in [-0.25, -0.2) is 0 Å². The molecule has 78 valence electrons. The van der Waals surface area contributed by atoms with Crippen LogP contribution in [0.2, 0.25) is 0 Å². The molecule has 0 saturated heterocycles. The number of benzene rings is 1. The number of phenols is 1. The fourth-order valence-corrected chi connectivity index (χ4v) is 1.06. The molecule has 0 aromatic heterocycles. The van der Waals surface area contributed by atoms with Gasteiger partial charge in [-0.2, -0.15) is 13.2 Å². The van der Waals surface area contributed by atoms with Crippen LogP contribution in [0.5, 0.6) is 5.75 Å². The Balaban J connectivity index is 3.03. The molecule has 0 spiro atoms. The number of aryl methyl sites for hydroxylation is 1. The van der Waals surface area contributed by atoms with Gasteiger partial charge in [0, 0.05) is 0 Å². The quantitative estimate of drug-likeness (QED) is 0.738. The van der Waals surface area contributed by atoms with E-state index in [0.717, 1.165) is 0 Å². The molecule has 0 bridgehead atoms. The van der Waals surface area contributed by atoms with Crippen molar-refractivity contribution in [2.24, 2.45) is 5.73 Å². The lowest BCUT2D eigenvalue weighted by Crippen LogP contribution is -2.28. The van der Waals surface area contributed by atoms with Crippen LogP contribution in [0.25, 0.3) is 0 Å². The van der Waals surface area contributed by atoms with Crippen molar-refractivity contribution in [2.75, 3.05) is 0 Å². The molecule has 0 fully saturated rings. The van der Waals surface area contributed by atoms with Crippen LogP contribution < -0.4 is 5.73 Å². The molecule has 0 amide bonds. The Hall–Kier alpha value is -1.23. The number of alkyl halides is 3. The predicted octanol–water partition coefficient (Wildman–Crippen LogP) is 2.26. The maximum atomic E-state index is 12.2. The predicted molar refractivity (Wildman–Crippen MR) is 45.8 cm³/mol. The van der Waals surface area contributed by atoms with Crippen molar-refractivity contribution < 1.29 is 18.3 Å². The summed E-state index contributed by atoms with van der Waals surface area (Å²) < 4.78 is 36.5. The second-order valence-corrected chi connectivity index (χ2v) is 3.07. The molecule has 0 unspecified atom stereocenters. The molecule has 5 heteroatoms. The third kappa shape index (κ3) is 2.17. The first kappa shape index (κ1) is 10.8. The summed E-state index contributed by atoms with van der Waals surface area (Å²) in [4.78, 5) is 0. The third-order valence-electron chi connectivity index (χ3n) is 1.93. The molecule has 0 aliphatic rings. The maximum absolute atomic E-state index is 12.2. The molecule has 0 saturated carbocycles. The van der Waals surface area contributed by atoms with Gasteiger partial charge in [0.05, 0.1) is 0 Å². The number of hydrogen-bond donors (Lipinski definition) is 2. The highest BCUT2D eigenvalue weighted by Crippen LogP contribution is 2.32. The normalized spacial score (nSPS) is 14.1. The second-order valence-electron chi connectivity index (χ2n) is 3.07. The summed E-state index contributed by atoms with van der Waals surface area (Å²) in [5, 5.41) is 9.11. The van der Waals surface area contributed by atoms with Crippen molar-refractivity contribution in [2.45, 2.75) is 19.1 Å². The highest BCUT2D eigenvalue weighted by atomic mass is 19.4. The zero-order valence-corrected chi connectivity index (χ0v) is 7.47. The topological polar surface area (TPSA) is 46.2 Å². The lowest BCUT2D eigenvalue weighted by atomic mass is 10.0. The van der Waals surface area contributed by atoms with Crippen molar-refractivity contribution in [3.05, 3.63) is 29.3 Å². The molecule has 0 heterocycles. The summed E-state index contributed by atoms with van der Waals surface area (Å²) in [6.07, 6.45) is -4.45. The smallest absolute Gasteiger partial charge is 0.407 e. The van der Waals surface area contributed by atoms with E-state index in [1.165, 1.54) is 25.1 Å². The monoisotopic (exact) mass is 205 g/mol. The maximum Gasteiger partial charge on any atom is 0.407 e. The zero-order valence-electron chi connectivity index (χ0n) is 7.47. The Morgan fingerprint density at radius 2 is 1.93 bits per heavy atom. The van der Waals surface area contributed by atoms with Crippen LogP contribution in [-0.4, -0.2) is 11.3 Å². The fourth-order valence-electron chi connectivity index (χ4n) is 1.06. The van der Waals surface area contributed by atoms with E-state index in [9.17, 15) is 13.2 Å². The molecule has 14 heavy (non-hydrogen) atoms. The van der Waals surface area contributed by atoms with E-state index in [-0.39, 0.29) is 11.3 Å². The van der Waals surface area contributed by atoms with Gasteiger partial charge in [0.25, 0.3) is 0 Å². The average molecular weight is 205 g/mol. The highest BCUT2D eigenvalue weighted by molar-refractivity contribution is 5.36. The Bertz CT molecular complexity index is 335. The van der Waals surface area contributed by atoms with Crippen LogP contribution in [0, 0.1) is 6.92 Å². The number of hydrogen-bond acceptors (Lipinski definition) is 2. The van der Waals surface area contributed by atoms with E-state index in [2.05, 4.69) is 0 Å². The van der Waals surface area contributed by atoms with Gasteiger partial charge >= 0.3 is 6.18 Å². The average Bonchev–Trinajstić information content (AvgIpc) is 2.07. The van der Waals surface area contributed by atoms with Gasteiger partial charge < -0.3 is 10.8 Å². The van der Waals surface area contributed by atoms with Gasteiger partial charge in [-0.15, -0.1) is 0 Å². The van der Waals surface area contributed by atoms with Gasteiger partial charge in [-0.3, -0.25) is 0 Å². The van der Waals surface area contributed by atoms with Crippen LogP contribution in [0.1, 0.15) is 17.2 Å². The molecule has 2 nitrogen and oxygen atoms in total. The van der Waals surface area contributed by atoms with Gasteiger partial charge in [-0.05, 0) is 24.1 Å². The summed E-state index contributed by atoms with van der Waals surface area (Å²) in [5.74, 6) is -0.0388. The third-order valence-corrected chi connectivity index (χ3v) is 1.93. The Morgan fingerprint density at radius 1 is 1.36 bits per heavy atom. The summed E-state index contributed by atoms with van der Waals surface area (Å²) in [6, 6.07) is 1.60. The molecular formula is C9H10F3NO. The minimum Gasteiger partial charge on any atom is -0.508 e. The molecule has 0 aliphatic carbocycles. The molecule has 0 aliphatic heterocycles. The molecule has 0 radical (unpaired) electrons. The number of phenolic OH excluding ortho intramolecular Hbond substituents is 1. The first-order valence-electron chi connectivity index (χ1n) is 3.94. The van der Waals surface area contributed by atoms with E-state index >= 15 is 0 Å². The fraction of sp³-hybridized carbons (Fsp3) is 0.333. The van der Waals surface area contributed by atoms with Gasteiger partial charge in [0.1, 0.15) is 11.8 Å². The lowest BCUT2D eigenvalue weighted by Gasteiger charge is -2.16. The van der Waals surface area contributed by atoms with Crippen LogP contribution in [-0.2, 0) is 0 Å². The van der Waals surface area contributed by atoms with E-state index in [1.807, 2.05) is 0 Å². The summed E-state index contributed by atoms with van der Waals surface area (Å²) in [6.45, 7) is 1.52. The van der Waals surface area contributed by atoms with Gasteiger partial charge in [0.2, 0.25) is 0 Å². The van der Waals surface area contributed by atoms with E-state index in [1.54, 1.807) is 0 Å².